The highest BCUT2D eigenvalue weighted by Gasteiger charge is 2.20. The molecule has 0 aliphatic heterocycles. The lowest BCUT2D eigenvalue weighted by Crippen LogP contribution is -2.41. The first kappa shape index (κ1) is 21.9. The van der Waals surface area contributed by atoms with Crippen LogP contribution >= 0.6 is 11.3 Å². The van der Waals surface area contributed by atoms with Crippen molar-refractivity contribution in [1.82, 2.24) is 20.2 Å². The number of hydrogen-bond donors (Lipinski definition) is 2. The van der Waals surface area contributed by atoms with Crippen molar-refractivity contribution in [2.45, 2.75) is 58.4 Å². The molecule has 3 rings (SSSR count). The van der Waals surface area contributed by atoms with E-state index in [2.05, 4.69) is 15.6 Å². The van der Waals surface area contributed by atoms with Crippen molar-refractivity contribution in [3.05, 3.63) is 27.1 Å². The average Bonchev–Trinajstić information content (AvgIpc) is 3.11. The van der Waals surface area contributed by atoms with Gasteiger partial charge in [0, 0.05) is 18.0 Å². The highest BCUT2D eigenvalue weighted by molar-refractivity contribution is 7.18. The Morgan fingerprint density at radius 3 is 2.87 bits per heavy atom. The molecule has 2 N–H and O–H groups in total. The van der Waals surface area contributed by atoms with E-state index in [4.69, 9.17) is 4.74 Å². The maximum absolute atomic E-state index is 12.8. The van der Waals surface area contributed by atoms with Gasteiger partial charge in [0.25, 0.3) is 11.5 Å². The van der Waals surface area contributed by atoms with Crippen LogP contribution in [0.5, 0.6) is 0 Å². The summed E-state index contributed by atoms with van der Waals surface area (Å²) in [7, 11) is 0. The van der Waals surface area contributed by atoms with Crippen molar-refractivity contribution in [2.24, 2.45) is 0 Å². The number of hydrogen-bond acceptors (Lipinski definition) is 7. The van der Waals surface area contributed by atoms with Crippen LogP contribution in [0.25, 0.3) is 10.2 Å². The topological polar surface area (TPSA) is 119 Å². The number of esters is 1. The molecule has 0 atom stereocenters. The van der Waals surface area contributed by atoms with Crippen LogP contribution in [0.4, 0.5) is 4.79 Å². The Kier molecular flexibility index (Phi) is 7.56. The molecular weight excluding hydrogens is 408 g/mol. The molecule has 1 aliphatic carbocycles. The molecule has 2 aromatic rings. The first-order chi connectivity index (χ1) is 14.5. The van der Waals surface area contributed by atoms with E-state index in [-0.39, 0.29) is 18.5 Å². The number of fused-ring (bicyclic) bond motifs is 3. The highest BCUT2D eigenvalue weighted by atomic mass is 32.1. The quantitative estimate of drug-likeness (QED) is 0.484. The molecule has 30 heavy (non-hydrogen) atoms. The average molecular weight is 435 g/mol. The minimum atomic E-state index is -0.706. The molecule has 0 fully saturated rings. The normalized spacial score (nSPS) is 13.0. The zero-order valence-corrected chi connectivity index (χ0v) is 17.8. The number of imide groups is 1. The summed E-state index contributed by atoms with van der Waals surface area (Å²) in [6.07, 6.45) is 7.19. The molecule has 10 heteroatoms. The fourth-order valence-corrected chi connectivity index (χ4v) is 4.58. The van der Waals surface area contributed by atoms with Crippen LogP contribution in [0, 0.1) is 0 Å². The Bertz CT molecular complexity index is 997. The summed E-state index contributed by atoms with van der Waals surface area (Å²) in [6, 6.07) is -0.616. The van der Waals surface area contributed by atoms with Gasteiger partial charge in [-0.3, -0.25) is 24.3 Å². The minimum absolute atomic E-state index is 0.0740. The molecule has 0 saturated carbocycles. The van der Waals surface area contributed by atoms with E-state index in [0.717, 1.165) is 48.9 Å². The Labute approximate surface area is 177 Å². The molecule has 9 nitrogen and oxygen atoms in total. The van der Waals surface area contributed by atoms with E-state index in [1.54, 1.807) is 11.3 Å². The molecule has 162 valence electrons. The van der Waals surface area contributed by atoms with E-state index in [1.807, 2.05) is 6.92 Å². The van der Waals surface area contributed by atoms with E-state index in [0.29, 0.717) is 11.9 Å². The van der Waals surface area contributed by atoms with Gasteiger partial charge >= 0.3 is 12.0 Å². The third-order valence-corrected chi connectivity index (χ3v) is 6.13. The Morgan fingerprint density at radius 2 is 2.07 bits per heavy atom. The van der Waals surface area contributed by atoms with Crippen molar-refractivity contribution in [2.75, 3.05) is 13.2 Å². The van der Waals surface area contributed by atoms with Crippen molar-refractivity contribution >= 4 is 39.5 Å². The molecule has 1 aliphatic rings. The van der Waals surface area contributed by atoms with Gasteiger partial charge in [-0.05, 0) is 37.7 Å². The predicted molar refractivity (Wildman–Crippen MR) is 113 cm³/mol. The summed E-state index contributed by atoms with van der Waals surface area (Å²) in [5.41, 5.74) is 0.957. The van der Waals surface area contributed by atoms with Crippen LogP contribution < -0.4 is 16.2 Å². The lowest BCUT2D eigenvalue weighted by molar-refractivity contribution is -0.148. The standard InChI is InChI=1S/C20H26N4O5S/c1-2-3-9-21-20(28)23-15(25)11-29-16(26)8-10-24-12-22-18-17(19(24)27)13-6-4-5-7-14(13)30-18/h12H,2-11H2,1H3,(H2,21,23,25,28). The minimum Gasteiger partial charge on any atom is -0.456 e. The van der Waals surface area contributed by atoms with Gasteiger partial charge in [0.1, 0.15) is 4.83 Å². The number of aryl methyl sites for hydroxylation is 3. The van der Waals surface area contributed by atoms with Crippen LogP contribution in [-0.2, 0) is 33.7 Å². The SMILES string of the molecule is CCCCNC(=O)NC(=O)COC(=O)CCn1cnc2sc3c(c2c1=O)CCCC3. The van der Waals surface area contributed by atoms with Gasteiger partial charge in [0.2, 0.25) is 0 Å². The van der Waals surface area contributed by atoms with Crippen molar-refractivity contribution in [3.63, 3.8) is 0 Å². The lowest BCUT2D eigenvalue weighted by atomic mass is 9.97. The molecule has 2 heterocycles. The van der Waals surface area contributed by atoms with Crippen LogP contribution in [0.15, 0.2) is 11.1 Å². The molecule has 0 aromatic carbocycles. The van der Waals surface area contributed by atoms with Crippen LogP contribution in [-0.4, -0.2) is 40.6 Å². The number of carbonyl (C=O) groups excluding carboxylic acids is 3. The summed E-state index contributed by atoms with van der Waals surface area (Å²) >= 11 is 1.58. The first-order valence-electron chi connectivity index (χ1n) is 10.2. The summed E-state index contributed by atoms with van der Waals surface area (Å²) in [5, 5.41) is 5.29. The predicted octanol–water partition coefficient (Wildman–Crippen LogP) is 1.90. The van der Waals surface area contributed by atoms with Gasteiger partial charge in [-0.2, -0.15) is 0 Å². The number of ether oxygens (including phenoxy) is 1. The number of rotatable bonds is 8. The number of nitrogens with one attached hydrogen (secondary N) is 2. The van der Waals surface area contributed by atoms with Gasteiger partial charge in [0.05, 0.1) is 18.1 Å². The van der Waals surface area contributed by atoms with Gasteiger partial charge in [-0.1, -0.05) is 13.3 Å². The fraction of sp³-hybridized carbons (Fsp3) is 0.550. The fourth-order valence-electron chi connectivity index (χ4n) is 3.36. The zero-order valence-electron chi connectivity index (χ0n) is 17.0. The lowest BCUT2D eigenvalue weighted by Gasteiger charge is -2.10. The zero-order chi connectivity index (χ0) is 21.5. The molecular formula is C20H26N4O5S. The van der Waals surface area contributed by atoms with Crippen molar-refractivity contribution in [1.29, 1.82) is 0 Å². The molecule has 0 radical (unpaired) electrons. The highest BCUT2D eigenvalue weighted by Crippen LogP contribution is 2.33. The second-order valence-electron chi connectivity index (χ2n) is 7.20. The van der Waals surface area contributed by atoms with Crippen molar-refractivity contribution < 1.29 is 19.1 Å². The summed E-state index contributed by atoms with van der Waals surface area (Å²) in [6.45, 7) is 2.02. The van der Waals surface area contributed by atoms with E-state index >= 15 is 0 Å². The monoisotopic (exact) mass is 434 g/mol. The van der Waals surface area contributed by atoms with Gasteiger partial charge < -0.3 is 10.1 Å². The summed E-state index contributed by atoms with van der Waals surface area (Å²) in [4.78, 5) is 54.3. The number of urea groups is 1. The smallest absolute Gasteiger partial charge is 0.321 e. The molecule has 0 bridgehead atoms. The third kappa shape index (κ3) is 5.44. The second kappa shape index (κ2) is 10.3. The number of nitrogens with zero attached hydrogens (tertiary/aromatic N) is 2. The van der Waals surface area contributed by atoms with Gasteiger partial charge in [-0.25, -0.2) is 9.78 Å². The third-order valence-electron chi connectivity index (χ3n) is 4.93. The molecule has 0 unspecified atom stereocenters. The molecule has 0 saturated heterocycles. The summed E-state index contributed by atoms with van der Waals surface area (Å²) < 4.78 is 6.30. The van der Waals surface area contributed by atoms with Crippen LogP contribution in [0.3, 0.4) is 0 Å². The van der Waals surface area contributed by atoms with Crippen LogP contribution in [0.2, 0.25) is 0 Å². The van der Waals surface area contributed by atoms with Crippen LogP contribution in [0.1, 0.15) is 49.5 Å². The largest absolute Gasteiger partial charge is 0.456 e. The number of unbranched alkanes of at least 4 members (excludes halogenated alkanes) is 1. The molecule has 2 aromatic heterocycles. The van der Waals surface area contributed by atoms with E-state index in [9.17, 15) is 19.2 Å². The Hall–Kier alpha value is -2.75. The Balaban J connectivity index is 1.49. The maximum atomic E-state index is 12.8. The molecule has 3 amide bonds. The molecule has 0 spiro atoms. The van der Waals surface area contributed by atoms with Gasteiger partial charge in [0.15, 0.2) is 6.61 Å². The van der Waals surface area contributed by atoms with Gasteiger partial charge in [-0.15, -0.1) is 11.3 Å². The van der Waals surface area contributed by atoms with Crippen molar-refractivity contribution in [3.8, 4) is 0 Å². The van der Waals surface area contributed by atoms with E-state index < -0.39 is 24.5 Å². The number of amides is 3. The number of aromatic nitrogens is 2. The second-order valence-corrected chi connectivity index (χ2v) is 8.29. The first-order valence-corrected chi connectivity index (χ1v) is 11.0. The number of carbonyl (C=O) groups is 3. The van der Waals surface area contributed by atoms with E-state index in [1.165, 1.54) is 15.8 Å². The Morgan fingerprint density at radius 1 is 1.27 bits per heavy atom. The maximum Gasteiger partial charge on any atom is 0.321 e. The number of thiophene rings is 1. The summed E-state index contributed by atoms with van der Waals surface area (Å²) in [5.74, 6) is -1.33.